The third-order valence-electron chi connectivity index (χ3n) is 3.20. The number of halogens is 1. The minimum absolute atomic E-state index is 0.375. The van der Waals surface area contributed by atoms with E-state index in [0.717, 1.165) is 21.9 Å². The highest BCUT2D eigenvalue weighted by molar-refractivity contribution is 7.21. The number of hydrogen-bond acceptors (Lipinski definition) is 4. The van der Waals surface area contributed by atoms with E-state index in [-0.39, 0.29) is 0 Å². The Labute approximate surface area is 136 Å². The van der Waals surface area contributed by atoms with Gasteiger partial charge in [0.2, 0.25) is 0 Å². The molecule has 1 aromatic heterocycles. The van der Waals surface area contributed by atoms with Gasteiger partial charge in [-0.25, -0.2) is 4.79 Å². The zero-order valence-electron chi connectivity index (χ0n) is 11.6. The zero-order chi connectivity index (χ0) is 15.7. The number of esters is 1. The Morgan fingerprint density at radius 3 is 2.59 bits per heavy atom. The Morgan fingerprint density at radius 1 is 1.18 bits per heavy atom. The van der Waals surface area contributed by atoms with Gasteiger partial charge in [0.1, 0.15) is 16.9 Å². The lowest BCUT2D eigenvalue weighted by molar-refractivity contribution is 0.0740. The molecule has 3 rings (SSSR count). The molecule has 0 aliphatic carbocycles. The van der Waals surface area contributed by atoms with Crippen molar-refractivity contribution in [2.45, 2.75) is 6.92 Å². The van der Waals surface area contributed by atoms with Crippen molar-refractivity contribution in [3.63, 3.8) is 0 Å². The number of aryl methyl sites for hydroxylation is 1. The Hall–Kier alpha value is -2.17. The first-order valence-corrected chi connectivity index (χ1v) is 7.74. The lowest BCUT2D eigenvalue weighted by atomic mass is 10.2. The molecule has 0 fully saturated rings. The van der Waals surface area contributed by atoms with Gasteiger partial charge in [-0.1, -0.05) is 23.7 Å². The summed E-state index contributed by atoms with van der Waals surface area (Å²) < 4.78 is 6.26. The number of thiophene rings is 1. The van der Waals surface area contributed by atoms with Gasteiger partial charge in [-0.3, -0.25) is 4.79 Å². The Balaban J connectivity index is 1.91. The van der Waals surface area contributed by atoms with Crippen LogP contribution < -0.4 is 4.74 Å². The van der Waals surface area contributed by atoms with Gasteiger partial charge in [0.05, 0.1) is 5.02 Å². The highest BCUT2D eigenvalue weighted by Gasteiger charge is 2.19. The monoisotopic (exact) mass is 330 g/mol. The van der Waals surface area contributed by atoms with E-state index in [2.05, 4.69) is 0 Å². The molecule has 3 aromatic rings. The van der Waals surface area contributed by atoms with Crippen LogP contribution in [0.1, 0.15) is 25.6 Å². The molecule has 0 N–H and O–H groups in total. The topological polar surface area (TPSA) is 43.4 Å². The van der Waals surface area contributed by atoms with Crippen LogP contribution in [0.4, 0.5) is 0 Å². The lowest BCUT2D eigenvalue weighted by Gasteiger charge is -2.03. The number of ether oxygens (including phenoxy) is 1. The van der Waals surface area contributed by atoms with E-state index in [9.17, 15) is 9.59 Å². The van der Waals surface area contributed by atoms with Crippen LogP contribution in [-0.2, 0) is 0 Å². The maximum atomic E-state index is 12.3. The third kappa shape index (κ3) is 2.75. The Morgan fingerprint density at radius 2 is 1.91 bits per heavy atom. The largest absolute Gasteiger partial charge is 0.422 e. The van der Waals surface area contributed by atoms with Gasteiger partial charge in [-0.2, -0.15) is 0 Å². The minimum Gasteiger partial charge on any atom is -0.422 e. The van der Waals surface area contributed by atoms with E-state index in [1.54, 1.807) is 24.3 Å². The van der Waals surface area contributed by atoms with Crippen molar-refractivity contribution in [3.05, 3.63) is 63.5 Å². The van der Waals surface area contributed by atoms with Crippen molar-refractivity contribution in [3.8, 4) is 5.75 Å². The molecule has 0 amide bonds. The van der Waals surface area contributed by atoms with Crippen LogP contribution in [0.3, 0.4) is 0 Å². The molecule has 1 heterocycles. The number of rotatable bonds is 3. The van der Waals surface area contributed by atoms with Gasteiger partial charge in [-0.15, -0.1) is 11.3 Å². The fraction of sp³-hybridized carbons (Fsp3) is 0.0588. The van der Waals surface area contributed by atoms with Crippen LogP contribution in [0.5, 0.6) is 5.75 Å². The van der Waals surface area contributed by atoms with E-state index in [4.69, 9.17) is 16.3 Å². The molecule has 0 atom stereocenters. The van der Waals surface area contributed by atoms with Gasteiger partial charge < -0.3 is 4.74 Å². The molecule has 110 valence electrons. The summed E-state index contributed by atoms with van der Waals surface area (Å²) >= 11 is 7.59. The summed E-state index contributed by atoms with van der Waals surface area (Å²) in [5.74, 6) is -0.122. The average molecular weight is 331 g/mol. The summed E-state index contributed by atoms with van der Waals surface area (Å²) in [7, 11) is 0. The summed E-state index contributed by atoms with van der Waals surface area (Å²) in [6, 6.07) is 12.2. The minimum atomic E-state index is -0.497. The highest BCUT2D eigenvalue weighted by Crippen LogP contribution is 2.36. The van der Waals surface area contributed by atoms with E-state index < -0.39 is 5.97 Å². The second-order valence-electron chi connectivity index (χ2n) is 4.82. The smallest absolute Gasteiger partial charge is 0.355 e. The molecule has 2 aromatic carbocycles. The van der Waals surface area contributed by atoms with Crippen LogP contribution in [0.2, 0.25) is 5.02 Å². The zero-order valence-corrected chi connectivity index (χ0v) is 13.2. The van der Waals surface area contributed by atoms with E-state index in [0.29, 0.717) is 21.2 Å². The Bertz CT molecular complexity index is 865. The summed E-state index contributed by atoms with van der Waals surface area (Å²) in [6.07, 6.45) is 0.733. The molecule has 0 radical (unpaired) electrons. The highest BCUT2D eigenvalue weighted by atomic mass is 35.5. The average Bonchev–Trinajstić information content (AvgIpc) is 2.84. The van der Waals surface area contributed by atoms with Crippen molar-refractivity contribution in [1.29, 1.82) is 0 Å². The number of aldehydes is 1. The molecule has 0 aliphatic heterocycles. The van der Waals surface area contributed by atoms with Crippen LogP contribution in [-0.4, -0.2) is 12.3 Å². The molecular formula is C17H11ClO3S. The van der Waals surface area contributed by atoms with Gasteiger partial charge in [0.15, 0.2) is 0 Å². The first-order chi connectivity index (χ1) is 10.6. The lowest BCUT2D eigenvalue weighted by Crippen LogP contribution is -2.06. The van der Waals surface area contributed by atoms with Crippen molar-refractivity contribution in [2.24, 2.45) is 0 Å². The van der Waals surface area contributed by atoms with Crippen LogP contribution >= 0.6 is 22.9 Å². The van der Waals surface area contributed by atoms with Crippen molar-refractivity contribution < 1.29 is 14.3 Å². The molecule has 22 heavy (non-hydrogen) atoms. The van der Waals surface area contributed by atoms with E-state index in [1.807, 2.05) is 25.1 Å². The normalized spacial score (nSPS) is 10.6. The predicted molar refractivity (Wildman–Crippen MR) is 88.4 cm³/mol. The predicted octanol–water partition coefficient (Wildman–Crippen LogP) is 4.89. The van der Waals surface area contributed by atoms with Crippen molar-refractivity contribution in [1.82, 2.24) is 0 Å². The molecule has 0 unspecified atom stereocenters. The molecule has 0 spiro atoms. The van der Waals surface area contributed by atoms with Gasteiger partial charge in [0, 0.05) is 15.6 Å². The number of hydrogen-bond donors (Lipinski definition) is 0. The summed E-state index contributed by atoms with van der Waals surface area (Å²) in [4.78, 5) is 23.3. The summed E-state index contributed by atoms with van der Waals surface area (Å²) in [6.45, 7) is 1.99. The van der Waals surface area contributed by atoms with E-state index >= 15 is 0 Å². The van der Waals surface area contributed by atoms with Crippen molar-refractivity contribution in [2.75, 3.05) is 0 Å². The number of benzene rings is 2. The molecule has 3 nitrogen and oxygen atoms in total. The molecule has 0 aliphatic rings. The molecule has 0 bridgehead atoms. The summed E-state index contributed by atoms with van der Waals surface area (Å²) in [5, 5.41) is 1.26. The van der Waals surface area contributed by atoms with Crippen LogP contribution in [0.15, 0.2) is 42.5 Å². The maximum absolute atomic E-state index is 12.3. The Kier molecular flexibility index (Phi) is 3.96. The van der Waals surface area contributed by atoms with Gasteiger partial charge in [-0.05, 0) is 42.8 Å². The van der Waals surface area contributed by atoms with Crippen LogP contribution in [0, 0.1) is 6.92 Å². The molecule has 5 heteroatoms. The second-order valence-corrected chi connectivity index (χ2v) is 6.25. The van der Waals surface area contributed by atoms with Crippen LogP contribution in [0.25, 0.3) is 10.1 Å². The third-order valence-corrected chi connectivity index (χ3v) is 4.83. The molecule has 0 saturated carbocycles. The second kappa shape index (κ2) is 5.91. The standard InChI is InChI=1S/C17H11ClO3S/c1-10-2-7-13-14(8-10)22-16(15(13)18)17(20)21-12-5-3-11(9-19)4-6-12/h2-9H,1H3. The molecular weight excluding hydrogens is 320 g/mol. The fourth-order valence-corrected chi connectivity index (χ4v) is 3.55. The fourth-order valence-electron chi connectivity index (χ4n) is 2.07. The number of carbonyl (C=O) groups is 2. The molecule has 0 saturated heterocycles. The maximum Gasteiger partial charge on any atom is 0.355 e. The first-order valence-electron chi connectivity index (χ1n) is 6.54. The SMILES string of the molecule is Cc1ccc2c(Cl)c(C(=O)Oc3ccc(C=O)cc3)sc2c1. The van der Waals surface area contributed by atoms with Gasteiger partial charge >= 0.3 is 5.97 Å². The number of fused-ring (bicyclic) bond motifs is 1. The van der Waals surface area contributed by atoms with Gasteiger partial charge in [0.25, 0.3) is 0 Å². The summed E-state index contributed by atoms with van der Waals surface area (Å²) in [5.41, 5.74) is 1.63. The number of carbonyl (C=O) groups excluding carboxylic acids is 2. The van der Waals surface area contributed by atoms with E-state index in [1.165, 1.54) is 11.3 Å². The van der Waals surface area contributed by atoms with Crippen molar-refractivity contribution >= 4 is 45.3 Å². The first kappa shape index (κ1) is 14.8. The quantitative estimate of drug-likeness (QED) is 0.390.